The van der Waals surface area contributed by atoms with Crippen LogP contribution in [0.2, 0.25) is 20.1 Å². The van der Waals surface area contributed by atoms with Gasteiger partial charge < -0.3 is 10.2 Å². The first kappa shape index (κ1) is 23.7. The predicted molar refractivity (Wildman–Crippen MR) is 130 cm³/mol. The fourth-order valence-electron chi connectivity index (χ4n) is 4.36. The molecule has 1 aliphatic heterocycles. The third-order valence-corrected chi connectivity index (χ3v) is 7.48. The summed E-state index contributed by atoms with van der Waals surface area (Å²) in [6.07, 6.45) is 4.69. The largest absolute Gasteiger partial charge is 0.343 e. The number of halogens is 4. The SMILES string of the molecule is O=C(C(Cc1ccc(Cl)cc1Cl)NC(=O)C1(c2ccc(Cl)cc2Cl)CC1)N1CCCCC1. The van der Waals surface area contributed by atoms with Gasteiger partial charge in [0.1, 0.15) is 6.04 Å². The summed E-state index contributed by atoms with van der Waals surface area (Å²) in [4.78, 5) is 28.7. The number of nitrogens with one attached hydrogen (secondary N) is 1. The zero-order valence-corrected chi connectivity index (χ0v) is 20.5. The molecular formula is C24H24Cl4N2O2. The number of hydrogen-bond donors (Lipinski definition) is 1. The van der Waals surface area contributed by atoms with E-state index in [2.05, 4.69) is 5.32 Å². The first-order valence-electron chi connectivity index (χ1n) is 10.8. The van der Waals surface area contributed by atoms with Gasteiger partial charge in [0, 0.05) is 39.6 Å². The van der Waals surface area contributed by atoms with E-state index in [1.54, 1.807) is 36.4 Å². The molecule has 170 valence electrons. The van der Waals surface area contributed by atoms with Crippen LogP contribution in [0.15, 0.2) is 36.4 Å². The fourth-order valence-corrected chi connectivity index (χ4v) is 5.43. The number of hydrogen-bond acceptors (Lipinski definition) is 2. The topological polar surface area (TPSA) is 49.4 Å². The summed E-state index contributed by atoms with van der Waals surface area (Å²) >= 11 is 24.9. The molecule has 0 aromatic heterocycles. The van der Waals surface area contributed by atoms with E-state index in [1.807, 2.05) is 4.90 Å². The van der Waals surface area contributed by atoms with Gasteiger partial charge in [-0.3, -0.25) is 9.59 Å². The van der Waals surface area contributed by atoms with Crippen molar-refractivity contribution in [3.8, 4) is 0 Å². The van der Waals surface area contributed by atoms with Crippen molar-refractivity contribution in [2.24, 2.45) is 0 Å². The number of amides is 2. The zero-order chi connectivity index (χ0) is 22.9. The molecule has 1 aliphatic carbocycles. The molecule has 0 bridgehead atoms. The Morgan fingerprint density at radius 2 is 1.53 bits per heavy atom. The molecule has 4 nitrogen and oxygen atoms in total. The molecule has 2 aromatic carbocycles. The Bertz CT molecular complexity index is 1030. The average molecular weight is 514 g/mol. The highest BCUT2D eigenvalue weighted by molar-refractivity contribution is 6.35. The van der Waals surface area contributed by atoms with Crippen LogP contribution in [0.25, 0.3) is 0 Å². The zero-order valence-electron chi connectivity index (χ0n) is 17.5. The average Bonchev–Trinajstić information content (AvgIpc) is 3.57. The van der Waals surface area contributed by atoms with Crippen LogP contribution in [0.5, 0.6) is 0 Å². The van der Waals surface area contributed by atoms with Gasteiger partial charge in [0.15, 0.2) is 0 Å². The minimum atomic E-state index is -0.730. The van der Waals surface area contributed by atoms with Crippen LogP contribution in [-0.4, -0.2) is 35.8 Å². The number of likely N-dealkylation sites (tertiary alicyclic amines) is 1. The lowest BCUT2D eigenvalue weighted by molar-refractivity contribution is -0.137. The molecule has 2 aromatic rings. The lowest BCUT2D eigenvalue weighted by Crippen LogP contribution is -2.53. The Labute approximate surface area is 208 Å². The first-order chi connectivity index (χ1) is 15.3. The van der Waals surface area contributed by atoms with Gasteiger partial charge in [-0.2, -0.15) is 0 Å². The molecule has 1 saturated heterocycles. The van der Waals surface area contributed by atoms with Crippen molar-refractivity contribution in [2.45, 2.75) is 50.0 Å². The second-order valence-corrected chi connectivity index (χ2v) is 10.2. The number of rotatable bonds is 6. The molecule has 1 atom stereocenters. The standard InChI is InChI=1S/C24H24Cl4N2O2/c25-16-5-4-15(19(27)13-16)12-21(22(31)30-10-2-1-3-11-30)29-23(32)24(8-9-24)18-7-6-17(26)14-20(18)28/h4-7,13-14,21H,1-3,8-12H2,(H,29,32). The Morgan fingerprint density at radius 1 is 0.906 bits per heavy atom. The number of piperidine rings is 1. The van der Waals surface area contributed by atoms with Crippen molar-refractivity contribution in [1.29, 1.82) is 0 Å². The van der Waals surface area contributed by atoms with Gasteiger partial charge in [-0.1, -0.05) is 58.5 Å². The van der Waals surface area contributed by atoms with Crippen molar-refractivity contribution >= 4 is 58.2 Å². The van der Waals surface area contributed by atoms with Gasteiger partial charge in [0.25, 0.3) is 0 Å². The molecule has 1 saturated carbocycles. The summed E-state index contributed by atoms with van der Waals surface area (Å²) < 4.78 is 0. The summed E-state index contributed by atoms with van der Waals surface area (Å²) in [6.45, 7) is 1.40. The van der Waals surface area contributed by atoms with E-state index in [0.717, 1.165) is 30.4 Å². The molecule has 32 heavy (non-hydrogen) atoms. The molecule has 2 aliphatic rings. The molecule has 1 N–H and O–H groups in total. The van der Waals surface area contributed by atoms with E-state index in [1.165, 1.54) is 0 Å². The Kier molecular flexibility index (Phi) is 7.26. The van der Waals surface area contributed by atoms with E-state index in [-0.39, 0.29) is 11.8 Å². The molecule has 0 spiro atoms. The second kappa shape index (κ2) is 9.80. The van der Waals surface area contributed by atoms with Gasteiger partial charge in [-0.05, 0) is 67.5 Å². The van der Waals surface area contributed by atoms with E-state index >= 15 is 0 Å². The van der Waals surface area contributed by atoms with Crippen LogP contribution in [0.4, 0.5) is 0 Å². The summed E-state index contributed by atoms with van der Waals surface area (Å²) in [5, 5.41) is 5.02. The summed E-state index contributed by atoms with van der Waals surface area (Å²) in [7, 11) is 0. The number of benzene rings is 2. The minimum Gasteiger partial charge on any atom is -0.343 e. The molecular weight excluding hydrogens is 490 g/mol. The van der Waals surface area contributed by atoms with Crippen LogP contribution in [0, 0.1) is 0 Å². The Hall–Kier alpha value is -1.46. The van der Waals surface area contributed by atoms with Crippen molar-refractivity contribution in [3.63, 3.8) is 0 Å². The van der Waals surface area contributed by atoms with Gasteiger partial charge in [-0.25, -0.2) is 0 Å². The van der Waals surface area contributed by atoms with E-state index in [0.29, 0.717) is 52.4 Å². The lowest BCUT2D eigenvalue weighted by Gasteiger charge is -2.32. The molecule has 4 rings (SSSR count). The number of carbonyl (C=O) groups is 2. The number of nitrogens with zero attached hydrogens (tertiary/aromatic N) is 1. The molecule has 1 unspecified atom stereocenters. The normalized spacial score (nSPS) is 18.2. The van der Waals surface area contributed by atoms with E-state index in [4.69, 9.17) is 46.4 Å². The fraction of sp³-hybridized carbons (Fsp3) is 0.417. The summed E-state index contributed by atoms with van der Waals surface area (Å²) in [6, 6.07) is 9.66. The maximum atomic E-state index is 13.5. The molecule has 8 heteroatoms. The third-order valence-electron chi connectivity index (χ3n) is 6.34. The summed E-state index contributed by atoms with van der Waals surface area (Å²) in [5.74, 6) is -0.274. The first-order valence-corrected chi connectivity index (χ1v) is 12.3. The predicted octanol–water partition coefficient (Wildman–Crippen LogP) is 6.07. The highest BCUT2D eigenvalue weighted by Gasteiger charge is 2.53. The Morgan fingerprint density at radius 3 is 2.12 bits per heavy atom. The van der Waals surface area contributed by atoms with Crippen molar-refractivity contribution < 1.29 is 9.59 Å². The van der Waals surface area contributed by atoms with Gasteiger partial charge >= 0.3 is 0 Å². The quantitative estimate of drug-likeness (QED) is 0.509. The van der Waals surface area contributed by atoms with Crippen LogP contribution in [-0.2, 0) is 21.4 Å². The van der Waals surface area contributed by atoms with Crippen LogP contribution < -0.4 is 5.32 Å². The number of carbonyl (C=O) groups excluding carboxylic acids is 2. The Balaban J connectivity index is 1.59. The third kappa shape index (κ3) is 5.04. The minimum absolute atomic E-state index is 0.0814. The van der Waals surface area contributed by atoms with Crippen molar-refractivity contribution in [3.05, 3.63) is 67.6 Å². The molecule has 2 fully saturated rings. The van der Waals surface area contributed by atoms with Crippen molar-refractivity contribution in [1.82, 2.24) is 10.2 Å². The van der Waals surface area contributed by atoms with Crippen molar-refractivity contribution in [2.75, 3.05) is 13.1 Å². The van der Waals surface area contributed by atoms with Gasteiger partial charge in [-0.15, -0.1) is 0 Å². The second-order valence-electron chi connectivity index (χ2n) is 8.56. The molecule has 1 heterocycles. The van der Waals surface area contributed by atoms with Crippen LogP contribution in [0.1, 0.15) is 43.2 Å². The van der Waals surface area contributed by atoms with E-state index < -0.39 is 11.5 Å². The maximum absolute atomic E-state index is 13.5. The van der Waals surface area contributed by atoms with Crippen LogP contribution in [0.3, 0.4) is 0 Å². The van der Waals surface area contributed by atoms with Gasteiger partial charge in [0.05, 0.1) is 5.41 Å². The van der Waals surface area contributed by atoms with E-state index in [9.17, 15) is 9.59 Å². The molecule has 2 amide bonds. The smallest absolute Gasteiger partial charge is 0.245 e. The lowest BCUT2D eigenvalue weighted by atomic mass is 9.93. The summed E-state index contributed by atoms with van der Waals surface area (Å²) in [5.41, 5.74) is 0.780. The van der Waals surface area contributed by atoms with Crippen LogP contribution >= 0.6 is 46.4 Å². The molecule has 0 radical (unpaired) electrons. The maximum Gasteiger partial charge on any atom is 0.245 e. The van der Waals surface area contributed by atoms with Gasteiger partial charge in [0.2, 0.25) is 11.8 Å². The monoisotopic (exact) mass is 512 g/mol. The highest BCUT2D eigenvalue weighted by Crippen LogP contribution is 2.51. The highest BCUT2D eigenvalue weighted by atomic mass is 35.5.